The molecule has 1 N–H and O–H groups in total. The van der Waals surface area contributed by atoms with Crippen LogP contribution >= 0.6 is 46.1 Å². The van der Waals surface area contributed by atoms with Crippen LogP contribution in [0.4, 0.5) is 5.69 Å². The Hall–Kier alpha value is -2.37. The molecule has 0 aliphatic heterocycles. The van der Waals surface area contributed by atoms with Gasteiger partial charge in [-0.1, -0.05) is 71.2 Å². The van der Waals surface area contributed by atoms with E-state index in [-0.39, 0.29) is 20.6 Å². The summed E-state index contributed by atoms with van der Waals surface area (Å²) in [5, 5.41) is 6.45. The van der Waals surface area contributed by atoms with E-state index < -0.39 is 5.91 Å². The summed E-state index contributed by atoms with van der Waals surface area (Å²) in [4.78, 5) is 17.4. The van der Waals surface area contributed by atoms with Crippen LogP contribution in [0.3, 0.4) is 0 Å². The zero-order valence-electron chi connectivity index (χ0n) is 15.7. The molecule has 1 aromatic heterocycles. The molecule has 1 heterocycles. The van der Waals surface area contributed by atoms with Gasteiger partial charge in [0, 0.05) is 22.2 Å². The highest BCUT2D eigenvalue weighted by Crippen LogP contribution is 2.33. The van der Waals surface area contributed by atoms with Gasteiger partial charge >= 0.3 is 0 Å². The molecule has 0 atom stereocenters. The molecule has 3 nitrogen and oxygen atoms in total. The Morgan fingerprint density at radius 1 is 0.933 bits per heavy atom. The van der Waals surface area contributed by atoms with Crippen molar-refractivity contribution < 1.29 is 4.79 Å². The number of aryl methyl sites for hydroxylation is 1. The maximum atomic E-state index is 12.6. The van der Waals surface area contributed by atoms with Gasteiger partial charge in [-0.15, -0.1) is 11.3 Å². The van der Waals surface area contributed by atoms with Crippen molar-refractivity contribution in [3.63, 3.8) is 0 Å². The fraction of sp³-hybridized carbons (Fsp3) is 0.0435. The Bertz CT molecular complexity index is 1240. The molecule has 0 spiro atoms. The molecule has 0 unspecified atom stereocenters. The molecule has 150 valence electrons. The molecule has 0 saturated carbocycles. The standard InChI is InChI=1S/C23H15Cl3N2OS/c1-13-4-2-3-5-16(13)23-28-19(12-30-23)14-6-8-15(9-7-14)27-22(29)20-17(24)10-11-18(25)21(20)26/h2-12H,1H3,(H,27,29). The van der Waals surface area contributed by atoms with Crippen LogP contribution in [0.15, 0.2) is 66.0 Å². The van der Waals surface area contributed by atoms with Crippen LogP contribution in [-0.4, -0.2) is 10.9 Å². The number of carbonyl (C=O) groups is 1. The second-order valence-corrected chi connectivity index (χ2v) is 8.65. The van der Waals surface area contributed by atoms with Crippen LogP contribution < -0.4 is 5.32 Å². The average Bonchev–Trinajstić information content (AvgIpc) is 3.22. The third-order valence-corrected chi connectivity index (χ3v) is 6.58. The van der Waals surface area contributed by atoms with Crippen LogP contribution in [-0.2, 0) is 0 Å². The molecule has 30 heavy (non-hydrogen) atoms. The molecule has 0 aliphatic carbocycles. The first-order valence-electron chi connectivity index (χ1n) is 9.01. The van der Waals surface area contributed by atoms with Gasteiger partial charge in [-0.3, -0.25) is 4.79 Å². The van der Waals surface area contributed by atoms with Gasteiger partial charge in [0.1, 0.15) is 5.01 Å². The van der Waals surface area contributed by atoms with Gasteiger partial charge in [-0.2, -0.15) is 0 Å². The van der Waals surface area contributed by atoms with Crippen molar-refractivity contribution in [1.29, 1.82) is 0 Å². The number of carbonyl (C=O) groups excluding carboxylic acids is 1. The number of halogens is 3. The van der Waals surface area contributed by atoms with Gasteiger partial charge in [0.15, 0.2) is 0 Å². The molecular weight excluding hydrogens is 459 g/mol. The lowest BCUT2D eigenvalue weighted by atomic mass is 10.1. The summed E-state index contributed by atoms with van der Waals surface area (Å²) in [5.41, 5.74) is 4.94. The summed E-state index contributed by atoms with van der Waals surface area (Å²) in [6.45, 7) is 2.08. The van der Waals surface area contributed by atoms with Crippen molar-refractivity contribution in [2.45, 2.75) is 6.92 Å². The summed E-state index contributed by atoms with van der Waals surface area (Å²) in [6.07, 6.45) is 0. The Morgan fingerprint density at radius 2 is 1.63 bits per heavy atom. The van der Waals surface area contributed by atoms with Gasteiger partial charge in [0.05, 0.1) is 26.3 Å². The number of nitrogens with zero attached hydrogens (tertiary/aromatic N) is 1. The molecule has 1 amide bonds. The molecular formula is C23H15Cl3N2OS. The molecule has 4 rings (SSSR count). The van der Waals surface area contributed by atoms with Gasteiger partial charge in [0.2, 0.25) is 0 Å². The van der Waals surface area contributed by atoms with E-state index in [2.05, 4.69) is 24.4 Å². The van der Waals surface area contributed by atoms with Gasteiger partial charge in [-0.25, -0.2) is 4.98 Å². The minimum Gasteiger partial charge on any atom is -0.322 e. The van der Waals surface area contributed by atoms with Crippen LogP contribution in [0, 0.1) is 6.92 Å². The maximum Gasteiger partial charge on any atom is 0.258 e. The maximum absolute atomic E-state index is 12.6. The number of hydrogen-bond acceptors (Lipinski definition) is 3. The van der Waals surface area contributed by atoms with Gasteiger partial charge in [0.25, 0.3) is 5.91 Å². The summed E-state index contributed by atoms with van der Waals surface area (Å²) >= 11 is 19.9. The van der Waals surface area contributed by atoms with E-state index in [1.165, 1.54) is 5.56 Å². The topological polar surface area (TPSA) is 42.0 Å². The number of nitrogens with one attached hydrogen (secondary N) is 1. The number of anilines is 1. The lowest BCUT2D eigenvalue weighted by Crippen LogP contribution is -2.13. The van der Waals surface area contributed by atoms with Crippen LogP contribution in [0.2, 0.25) is 15.1 Å². The first kappa shape index (κ1) is 20.9. The van der Waals surface area contributed by atoms with Crippen molar-refractivity contribution in [2.75, 3.05) is 5.32 Å². The summed E-state index contributed by atoms with van der Waals surface area (Å²) < 4.78 is 0. The number of hydrogen-bond donors (Lipinski definition) is 1. The monoisotopic (exact) mass is 472 g/mol. The molecule has 4 aromatic rings. The van der Waals surface area contributed by atoms with Crippen molar-refractivity contribution in [3.05, 3.63) is 92.2 Å². The number of thiazole rings is 1. The zero-order chi connectivity index (χ0) is 21.3. The lowest BCUT2D eigenvalue weighted by molar-refractivity contribution is 0.102. The average molecular weight is 474 g/mol. The van der Waals surface area contributed by atoms with Crippen LogP contribution in [0.25, 0.3) is 21.8 Å². The molecule has 0 aliphatic rings. The van der Waals surface area contributed by atoms with Crippen LogP contribution in [0.5, 0.6) is 0 Å². The van der Waals surface area contributed by atoms with Crippen molar-refractivity contribution in [2.24, 2.45) is 0 Å². The van der Waals surface area contributed by atoms with Crippen molar-refractivity contribution in [1.82, 2.24) is 4.98 Å². The summed E-state index contributed by atoms with van der Waals surface area (Å²) in [7, 11) is 0. The minimum absolute atomic E-state index is 0.129. The van der Waals surface area contributed by atoms with Crippen molar-refractivity contribution >= 4 is 57.7 Å². The third-order valence-electron chi connectivity index (χ3n) is 4.59. The minimum atomic E-state index is -0.421. The molecule has 0 radical (unpaired) electrons. The van der Waals surface area contributed by atoms with E-state index in [9.17, 15) is 4.79 Å². The predicted octanol–water partition coefficient (Wildman–Crippen LogP) is 8.00. The molecule has 0 saturated heterocycles. The van der Waals surface area contributed by atoms with E-state index >= 15 is 0 Å². The fourth-order valence-electron chi connectivity index (χ4n) is 3.00. The summed E-state index contributed by atoms with van der Waals surface area (Å²) in [6, 6.07) is 18.7. The fourth-order valence-corrected chi connectivity index (χ4v) is 4.61. The number of aromatic nitrogens is 1. The Labute approximate surface area is 193 Å². The Balaban J connectivity index is 1.54. The van der Waals surface area contributed by atoms with Gasteiger partial charge in [-0.05, 0) is 36.8 Å². The van der Waals surface area contributed by atoms with E-state index in [4.69, 9.17) is 39.8 Å². The second kappa shape index (κ2) is 8.78. The number of rotatable bonds is 4. The van der Waals surface area contributed by atoms with Crippen molar-refractivity contribution in [3.8, 4) is 21.8 Å². The van der Waals surface area contributed by atoms with Gasteiger partial charge < -0.3 is 5.32 Å². The largest absolute Gasteiger partial charge is 0.322 e. The molecule has 0 fully saturated rings. The quantitative estimate of drug-likeness (QED) is 0.305. The first-order valence-corrected chi connectivity index (χ1v) is 11.0. The van der Waals surface area contributed by atoms with E-state index in [1.54, 1.807) is 23.5 Å². The molecule has 0 bridgehead atoms. The highest BCUT2D eigenvalue weighted by molar-refractivity contribution is 7.13. The first-order chi connectivity index (χ1) is 14.4. The smallest absolute Gasteiger partial charge is 0.258 e. The third kappa shape index (κ3) is 4.23. The lowest BCUT2D eigenvalue weighted by Gasteiger charge is -2.10. The highest BCUT2D eigenvalue weighted by atomic mass is 35.5. The SMILES string of the molecule is Cc1ccccc1-c1nc(-c2ccc(NC(=O)c3c(Cl)ccc(Cl)c3Cl)cc2)cs1. The predicted molar refractivity (Wildman–Crippen MR) is 127 cm³/mol. The zero-order valence-corrected chi connectivity index (χ0v) is 18.8. The second-order valence-electron chi connectivity index (χ2n) is 6.60. The molecule has 7 heteroatoms. The molecule has 3 aromatic carbocycles. The highest BCUT2D eigenvalue weighted by Gasteiger charge is 2.17. The Kier molecular flexibility index (Phi) is 6.11. The number of amides is 1. The van der Waals surface area contributed by atoms with E-state index in [0.29, 0.717) is 5.69 Å². The van der Waals surface area contributed by atoms with E-state index in [1.807, 2.05) is 41.8 Å². The van der Waals surface area contributed by atoms with Crippen LogP contribution in [0.1, 0.15) is 15.9 Å². The van der Waals surface area contributed by atoms with E-state index in [0.717, 1.165) is 21.8 Å². The number of benzene rings is 3. The normalized spacial score (nSPS) is 10.8. The summed E-state index contributed by atoms with van der Waals surface area (Å²) in [5.74, 6) is -0.421. The Morgan fingerprint density at radius 3 is 2.37 bits per heavy atom.